The van der Waals surface area contributed by atoms with Gasteiger partial charge in [0.2, 0.25) is 5.91 Å². The van der Waals surface area contributed by atoms with Crippen molar-refractivity contribution in [2.45, 2.75) is 35.9 Å². The highest BCUT2D eigenvalue weighted by atomic mass is 32.2. The van der Waals surface area contributed by atoms with Crippen molar-refractivity contribution < 1.29 is 29.6 Å². The van der Waals surface area contributed by atoms with E-state index in [0.29, 0.717) is 11.5 Å². The van der Waals surface area contributed by atoms with Gasteiger partial charge in [-0.1, -0.05) is 0 Å². The molecule has 7 nitrogen and oxygen atoms in total. The number of carbonyl (C=O) groups is 1. The van der Waals surface area contributed by atoms with Gasteiger partial charge in [0.1, 0.15) is 23.6 Å². The van der Waals surface area contributed by atoms with Crippen LogP contribution in [0.5, 0.6) is 11.5 Å². The summed E-state index contributed by atoms with van der Waals surface area (Å²) in [5, 5.41) is 31.6. The molecule has 1 amide bonds. The number of nitrogens with one attached hydrogen (secondary N) is 1. The van der Waals surface area contributed by atoms with E-state index in [-0.39, 0.29) is 12.5 Å². The Bertz CT molecular complexity index is 525. The molecule has 4 N–H and O–H groups in total. The number of carbonyl (C=O) groups excluding carboxylic acids is 1. The summed E-state index contributed by atoms with van der Waals surface area (Å²) in [6, 6.07) is 6.07. The maximum absolute atomic E-state index is 11.4. The first-order valence-electron chi connectivity index (χ1n) is 7.16. The fraction of sp³-hybridized carbons (Fsp3) is 0.533. The highest BCUT2D eigenvalue weighted by molar-refractivity contribution is 8.00. The Kier molecular flexibility index (Phi) is 6.11. The summed E-state index contributed by atoms with van der Waals surface area (Å²) in [6.07, 6.45) is -2.39. The molecule has 2 unspecified atom stereocenters. The number of amides is 1. The van der Waals surface area contributed by atoms with Crippen LogP contribution >= 0.6 is 11.8 Å². The molecule has 1 heterocycles. The van der Waals surface area contributed by atoms with Crippen LogP contribution in [0.1, 0.15) is 6.92 Å². The van der Waals surface area contributed by atoms with E-state index in [2.05, 4.69) is 5.32 Å². The third-order valence-electron chi connectivity index (χ3n) is 3.56. The van der Waals surface area contributed by atoms with Crippen molar-refractivity contribution in [1.82, 2.24) is 5.32 Å². The minimum absolute atomic E-state index is 0.307. The van der Waals surface area contributed by atoms with Gasteiger partial charge >= 0.3 is 0 Å². The number of rotatable bonds is 5. The molecule has 0 spiro atoms. The van der Waals surface area contributed by atoms with Crippen LogP contribution in [0.15, 0.2) is 24.3 Å². The lowest BCUT2D eigenvalue weighted by molar-refractivity contribution is -0.122. The van der Waals surface area contributed by atoms with Crippen LogP contribution in [0.25, 0.3) is 0 Å². The zero-order valence-electron chi connectivity index (χ0n) is 12.9. The lowest BCUT2D eigenvalue weighted by atomic mass is 10.0. The molecule has 0 radical (unpaired) electrons. The van der Waals surface area contributed by atoms with Crippen LogP contribution < -0.4 is 14.8 Å². The number of hydrogen-bond donors (Lipinski definition) is 4. The topological polar surface area (TPSA) is 108 Å². The summed E-state index contributed by atoms with van der Waals surface area (Å²) >= 11 is 1.17. The molecule has 0 saturated carbocycles. The van der Waals surface area contributed by atoms with E-state index in [0.717, 1.165) is 0 Å². The van der Waals surface area contributed by atoms with Crippen molar-refractivity contribution in [2.75, 3.05) is 13.7 Å². The molecule has 23 heavy (non-hydrogen) atoms. The van der Waals surface area contributed by atoms with Crippen molar-refractivity contribution in [3.05, 3.63) is 24.3 Å². The minimum atomic E-state index is -1.24. The fourth-order valence-electron chi connectivity index (χ4n) is 2.36. The zero-order chi connectivity index (χ0) is 17.0. The monoisotopic (exact) mass is 343 g/mol. The van der Waals surface area contributed by atoms with Gasteiger partial charge in [0.05, 0.1) is 25.1 Å². The fourth-order valence-corrected chi connectivity index (χ4v) is 3.68. The average molecular weight is 343 g/mol. The first-order chi connectivity index (χ1) is 11.0. The third kappa shape index (κ3) is 4.29. The average Bonchev–Trinajstić information content (AvgIpc) is 2.54. The number of aliphatic hydroxyl groups is 3. The van der Waals surface area contributed by atoms with E-state index in [1.807, 2.05) is 0 Å². The summed E-state index contributed by atoms with van der Waals surface area (Å²) in [6.45, 7) is 1.02. The Morgan fingerprint density at radius 1 is 1.22 bits per heavy atom. The summed E-state index contributed by atoms with van der Waals surface area (Å²) in [7, 11) is 1.56. The second-order valence-corrected chi connectivity index (χ2v) is 6.57. The second-order valence-electron chi connectivity index (χ2n) is 5.23. The van der Waals surface area contributed by atoms with E-state index in [1.54, 1.807) is 31.4 Å². The van der Waals surface area contributed by atoms with Crippen LogP contribution in [-0.2, 0) is 4.79 Å². The van der Waals surface area contributed by atoms with Gasteiger partial charge in [-0.3, -0.25) is 4.79 Å². The first-order valence-corrected chi connectivity index (χ1v) is 8.10. The smallest absolute Gasteiger partial charge is 0.217 e. The van der Waals surface area contributed by atoms with Gasteiger partial charge in [0, 0.05) is 6.92 Å². The molecule has 0 bridgehead atoms. The predicted octanol–water partition coefficient (Wildman–Crippen LogP) is -0.266. The summed E-state index contributed by atoms with van der Waals surface area (Å²) in [5.74, 6) is 0.863. The first kappa shape index (κ1) is 17.9. The van der Waals surface area contributed by atoms with E-state index in [9.17, 15) is 20.1 Å². The van der Waals surface area contributed by atoms with Crippen LogP contribution in [0.4, 0.5) is 0 Å². The van der Waals surface area contributed by atoms with Gasteiger partial charge in [0.25, 0.3) is 0 Å². The van der Waals surface area contributed by atoms with Gasteiger partial charge < -0.3 is 30.1 Å². The normalized spacial score (nSPS) is 30.6. The minimum Gasteiger partial charge on any atom is -0.497 e. The quantitative estimate of drug-likeness (QED) is 0.583. The Balaban J connectivity index is 2.17. The molecule has 128 valence electrons. The largest absolute Gasteiger partial charge is 0.497 e. The maximum Gasteiger partial charge on any atom is 0.217 e. The van der Waals surface area contributed by atoms with Crippen molar-refractivity contribution in [2.24, 2.45) is 0 Å². The lowest BCUT2D eigenvalue weighted by Crippen LogP contribution is -2.61. The van der Waals surface area contributed by atoms with E-state index in [4.69, 9.17) is 9.47 Å². The van der Waals surface area contributed by atoms with Crippen molar-refractivity contribution in [1.29, 1.82) is 0 Å². The van der Waals surface area contributed by atoms with Crippen LogP contribution in [0.2, 0.25) is 0 Å². The lowest BCUT2D eigenvalue weighted by Gasteiger charge is -2.41. The molecule has 5 atom stereocenters. The molecular formula is C15H21NO6S. The highest BCUT2D eigenvalue weighted by Crippen LogP contribution is 2.34. The number of aliphatic hydroxyl groups excluding tert-OH is 3. The zero-order valence-corrected chi connectivity index (χ0v) is 13.7. The van der Waals surface area contributed by atoms with Crippen LogP contribution in [-0.4, -0.2) is 63.9 Å². The van der Waals surface area contributed by atoms with Gasteiger partial charge in [-0.05, 0) is 24.3 Å². The molecule has 1 saturated heterocycles. The number of hydrogen-bond acceptors (Lipinski definition) is 7. The molecule has 1 aromatic carbocycles. The molecular weight excluding hydrogens is 322 g/mol. The SMILES string of the molecule is COc1ccc(O[C@@H]2SC(CO)[C@@H](O)C(O)[C@@H]2NC(C)=O)cc1. The van der Waals surface area contributed by atoms with Crippen molar-refractivity contribution in [3.8, 4) is 11.5 Å². The Labute approximate surface area is 138 Å². The summed E-state index contributed by atoms with van der Waals surface area (Å²) < 4.78 is 10.9. The molecule has 0 aliphatic carbocycles. The van der Waals surface area contributed by atoms with E-state index in [1.165, 1.54) is 18.7 Å². The molecule has 2 rings (SSSR count). The van der Waals surface area contributed by atoms with Crippen molar-refractivity contribution in [3.63, 3.8) is 0 Å². The van der Waals surface area contributed by atoms with Crippen LogP contribution in [0, 0.1) is 0 Å². The van der Waals surface area contributed by atoms with Gasteiger partial charge in [-0.2, -0.15) is 0 Å². The molecule has 1 fully saturated rings. The maximum atomic E-state index is 11.4. The molecule has 1 aliphatic heterocycles. The summed E-state index contributed by atoms with van der Waals surface area (Å²) in [4.78, 5) is 11.4. The van der Waals surface area contributed by atoms with Crippen molar-refractivity contribution >= 4 is 17.7 Å². The van der Waals surface area contributed by atoms with Gasteiger partial charge in [0.15, 0.2) is 5.44 Å². The Morgan fingerprint density at radius 2 is 1.83 bits per heavy atom. The molecule has 1 aromatic rings. The number of methoxy groups -OCH3 is 1. The van der Waals surface area contributed by atoms with E-state index >= 15 is 0 Å². The third-order valence-corrected chi connectivity index (χ3v) is 5.00. The highest BCUT2D eigenvalue weighted by Gasteiger charge is 2.45. The predicted molar refractivity (Wildman–Crippen MR) is 85.5 cm³/mol. The summed E-state index contributed by atoms with van der Waals surface area (Å²) in [5.41, 5.74) is -0.650. The van der Waals surface area contributed by atoms with Gasteiger partial charge in [-0.25, -0.2) is 0 Å². The van der Waals surface area contributed by atoms with E-state index < -0.39 is 28.9 Å². The number of ether oxygens (including phenoxy) is 2. The van der Waals surface area contributed by atoms with Crippen LogP contribution in [0.3, 0.4) is 0 Å². The Morgan fingerprint density at radius 3 is 2.35 bits per heavy atom. The Hall–Kier alpha value is -1.48. The molecule has 0 aromatic heterocycles. The number of thioether (sulfide) groups is 1. The van der Waals surface area contributed by atoms with Gasteiger partial charge in [-0.15, -0.1) is 11.8 Å². The number of benzene rings is 1. The standard InChI is InChI=1S/C15H21NO6S/c1-8(18)16-12-14(20)13(19)11(7-17)23-15(12)22-10-5-3-9(21-2)4-6-10/h3-6,11-15,17,19-20H,7H2,1-2H3,(H,16,18)/t11?,12-,13+,14?,15+/m0/s1. The molecule has 8 heteroatoms. The second kappa shape index (κ2) is 7.87. The molecule has 1 aliphatic rings.